The van der Waals surface area contributed by atoms with E-state index in [0.717, 1.165) is 24.8 Å². The van der Waals surface area contributed by atoms with Crippen LogP contribution < -0.4 is 0 Å². The van der Waals surface area contributed by atoms with Crippen molar-refractivity contribution in [1.82, 2.24) is 4.90 Å². The summed E-state index contributed by atoms with van der Waals surface area (Å²) in [5.41, 5.74) is 2.82. The van der Waals surface area contributed by atoms with Crippen molar-refractivity contribution in [3.63, 3.8) is 0 Å². The third kappa shape index (κ3) is 2.30. The van der Waals surface area contributed by atoms with Gasteiger partial charge in [-0.2, -0.15) is 0 Å². The maximum absolute atomic E-state index is 12.2. The van der Waals surface area contributed by atoms with Crippen molar-refractivity contribution in [3.8, 4) is 0 Å². The zero-order valence-electron chi connectivity index (χ0n) is 11.0. The van der Waals surface area contributed by atoms with Crippen molar-refractivity contribution in [2.75, 3.05) is 6.54 Å². The molecule has 19 heavy (non-hydrogen) atoms. The lowest BCUT2D eigenvalue weighted by Crippen LogP contribution is -2.29. The van der Waals surface area contributed by atoms with Gasteiger partial charge in [-0.05, 0) is 38.2 Å². The zero-order valence-corrected chi connectivity index (χ0v) is 11.0. The second-order valence-corrected chi connectivity index (χ2v) is 5.32. The standard InChI is InChI=1S/C16H19NO2/c18-15-13-8-4-5-9-14(13)16(19)17(15)11-10-12-6-2-1-3-7-12/h4-6,8-9,15,18H,1-3,7,10-11H2. The molecule has 1 unspecified atom stereocenters. The summed E-state index contributed by atoms with van der Waals surface area (Å²) < 4.78 is 0. The fraction of sp³-hybridized carbons (Fsp3) is 0.438. The molecular formula is C16H19NO2. The Morgan fingerprint density at radius 2 is 2.11 bits per heavy atom. The summed E-state index contributed by atoms with van der Waals surface area (Å²) in [6.07, 6.45) is 7.24. The van der Waals surface area contributed by atoms with Gasteiger partial charge in [0, 0.05) is 17.7 Å². The predicted molar refractivity (Wildman–Crippen MR) is 73.6 cm³/mol. The minimum atomic E-state index is -0.770. The number of amides is 1. The Bertz CT molecular complexity index is 521. The molecule has 2 aliphatic rings. The quantitative estimate of drug-likeness (QED) is 0.846. The zero-order chi connectivity index (χ0) is 13.2. The predicted octanol–water partition coefficient (Wildman–Crippen LogP) is 3.02. The largest absolute Gasteiger partial charge is 0.369 e. The molecule has 0 spiro atoms. The smallest absolute Gasteiger partial charge is 0.256 e. The van der Waals surface area contributed by atoms with Crippen LogP contribution in [0.15, 0.2) is 35.9 Å². The molecule has 1 aliphatic heterocycles. The van der Waals surface area contributed by atoms with Crippen LogP contribution in [0.2, 0.25) is 0 Å². The van der Waals surface area contributed by atoms with E-state index in [4.69, 9.17) is 0 Å². The van der Waals surface area contributed by atoms with Gasteiger partial charge in [0.2, 0.25) is 0 Å². The number of benzene rings is 1. The van der Waals surface area contributed by atoms with Crippen molar-refractivity contribution in [2.45, 2.75) is 38.3 Å². The van der Waals surface area contributed by atoms with Crippen LogP contribution >= 0.6 is 0 Å². The van der Waals surface area contributed by atoms with Gasteiger partial charge in [0.15, 0.2) is 6.23 Å². The summed E-state index contributed by atoms with van der Waals surface area (Å²) in [4.78, 5) is 13.8. The lowest BCUT2D eigenvalue weighted by molar-refractivity contribution is 0.0181. The molecule has 3 heteroatoms. The highest BCUT2D eigenvalue weighted by molar-refractivity contribution is 5.98. The molecule has 0 aromatic heterocycles. The number of hydrogen-bond acceptors (Lipinski definition) is 2. The maximum atomic E-state index is 12.2. The average molecular weight is 257 g/mol. The van der Waals surface area contributed by atoms with E-state index in [1.807, 2.05) is 18.2 Å². The topological polar surface area (TPSA) is 40.5 Å². The molecule has 1 aliphatic carbocycles. The number of carbonyl (C=O) groups excluding carboxylic acids is 1. The number of hydrogen-bond donors (Lipinski definition) is 1. The minimum Gasteiger partial charge on any atom is -0.369 e. The Hall–Kier alpha value is -1.61. The van der Waals surface area contributed by atoms with Crippen LogP contribution in [0.5, 0.6) is 0 Å². The first-order valence-corrected chi connectivity index (χ1v) is 7.03. The van der Waals surface area contributed by atoms with Crippen molar-refractivity contribution in [1.29, 1.82) is 0 Å². The molecule has 1 aromatic carbocycles. The average Bonchev–Trinajstić information content (AvgIpc) is 2.71. The molecule has 0 fully saturated rings. The van der Waals surface area contributed by atoms with Gasteiger partial charge < -0.3 is 10.0 Å². The van der Waals surface area contributed by atoms with Gasteiger partial charge >= 0.3 is 0 Å². The Morgan fingerprint density at radius 1 is 1.26 bits per heavy atom. The normalized spacial score (nSPS) is 22.4. The Morgan fingerprint density at radius 3 is 2.84 bits per heavy atom. The molecule has 1 aromatic rings. The summed E-state index contributed by atoms with van der Waals surface area (Å²) in [7, 11) is 0. The van der Waals surface area contributed by atoms with Crippen LogP contribution in [-0.2, 0) is 0 Å². The van der Waals surface area contributed by atoms with Crippen LogP contribution in [0.25, 0.3) is 0 Å². The van der Waals surface area contributed by atoms with Crippen LogP contribution in [0.4, 0.5) is 0 Å². The molecular weight excluding hydrogens is 238 g/mol. The van der Waals surface area contributed by atoms with E-state index in [9.17, 15) is 9.90 Å². The number of allylic oxidation sites excluding steroid dienone is 1. The maximum Gasteiger partial charge on any atom is 0.256 e. The molecule has 3 rings (SSSR count). The van der Waals surface area contributed by atoms with Crippen molar-refractivity contribution in [2.24, 2.45) is 0 Å². The molecule has 0 saturated carbocycles. The summed E-state index contributed by atoms with van der Waals surface area (Å²) in [5.74, 6) is -0.0421. The first kappa shape index (κ1) is 12.4. The first-order valence-electron chi connectivity index (χ1n) is 7.03. The number of aliphatic hydroxyl groups excluding tert-OH is 1. The minimum absolute atomic E-state index is 0.0421. The van der Waals surface area contributed by atoms with Crippen molar-refractivity contribution >= 4 is 5.91 Å². The lowest BCUT2D eigenvalue weighted by Gasteiger charge is -2.22. The monoisotopic (exact) mass is 257 g/mol. The lowest BCUT2D eigenvalue weighted by atomic mass is 9.97. The Kier molecular flexibility index (Phi) is 3.38. The number of nitrogens with zero attached hydrogens (tertiary/aromatic N) is 1. The summed E-state index contributed by atoms with van der Waals surface area (Å²) >= 11 is 0. The molecule has 1 atom stereocenters. The molecule has 0 radical (unpaired) electrons. The van der Waals surface area contributed by atoms with E-state index < -0.39 is 6.23 Å². The highest BCUT2D eigenvalue weighted by atomic mass is 16.3. The number of fused-ring (bicyclic) bond motifs is 1. The van der Waals surface area contributed by atoms with E-state index in [-0.39, 0.29) is 5.91 Å². The SMILES string of the molecule is O=C1c2ccccc2C(O)N1CCC1=CCCCC1. The van der Waals surface area contributed by atoms with Gasteiger partial charge in [0.1, 0.15) is 0 Å². The van der Waals surface area contributed by atoms with Gasteiger partial charge in [-0.25, -0.2) is 0 Å². The molecule has 1 amide bonds. The fourth-order valence-corrected chi connectivity index (χ4v) is 2.97. The van der Waals surface area contributed by atoms with E-state index in [0.29, 0.717) is 12.1 Å². The number of aliphatic hydroxyl groups is 1. The molecule has 1 heterocycles. The highest BCUT2D eigenvalue weighted by Gasteiger charge is 2.34. The molecule has 1 N–H and O–H groups in total. The molecule has 3 nitrogen and oxygen atoms in total. The van der Waals surface area contributed by atoms with E-state index >= 15 is 0 Å². The highest BCUT2D eigenvalue weighted by Crippen LogP contribution is 2.32. The summed E-state index contributed by atoms with van der Waals surface area (Å²) in [5, 5.41) is 10.2. The third-order valence-electron chi connectivity index (χ3n) is 4.08. The summed E-state index contributed by atoms with van der Waals surface area (Å²) in [6.45, 7) is 0.612. The summed E-state index contributed by atoms with van der Waals surface area (Å²) in [6, 6.07) is 7.33. The van der Waals surface area contributed by atoms with Gasteiger partial charge in [0.05, 0.1) is 0 Å². The molecule has 0 saturated heterocycles. The number of rotatable bonds is 3. The molecule has 100 valence electrons. The van der Waals surface area contributed by atoms with E-state index in [1.54, 1.807) is 11.0 Å². The van der Waals surface area contributed by atoms with E-state index in [1.165, 1.54) is 18.4 Å². The van der Waals surface area contributed by atoms with Crippen LogP contribution in [0, 0.1) is 0 Å². The number of carbonyl (C=O) groups is 1. The van der Waals surface area contributed by atoms with E-state index in [2.05, 4.69) is 6.08 Å². The van der Waals surface area contributed by atoms with Gasteiger partial charge in [0.25, 0.3) is 5.91 Å². The second kappa shape index (κ2) is 5.17. The first-order chi connectivity index (χ1) is 9.27. The second-order valence-electron chi connectivity index (χ2n) is 5.32. The van der Waals surface area contributed by atoms with Crippen molar-refractivity contribution < 1.29 is 9.90 Å². The van der Waals surface area contributed by atoms with Crippen LogP contribution in [0.3, 0.4) is 0 Å². The van der Waals surface area contributed by atoms with Crippen molar-refractivity contribution in [3.05, 3.63) is 47.0 Å². The third-order valence-corrected chi connectivity index (χ3v) is 4.08. The fourth-order valence-electron chi connectivity index (χ4n) is 2.97. The van der Waals surface area contributed by atoms with Crippen LogP contribution in [0.1, 0.15) is 54.3 Å². The van der Waals surface area contributed by atoms with Gasteiger partial charge in [-0.3, -0.25) is 4.79 Å². The van der Waals surface area contributed by atoms with Gasteiger partial charge in [-0.1, -0.05) is 29.8 Å². The Balaban J connectivity index is 1.70. The van der Waals surface area contributed by atoms with Gasteiger partial charge in [-0.15, -0.1) is 0 Å². The molecule has 0 bridgehead atoms. The van der Waals surface area contributed by atoms with Crippen LogP contribution in [-0.4, -0.2) is 22.5 Å². The Labute approximate surface area is 113 Å².